The fourth-order valence-corrected chi connectivity index (χ4v) is 2.02. The second-order valence-electron chi connectivity index (χ2n) is 5.58. The molecule has 0 fully saturated rings. The van der Waals surface area contributed by atoms with E-state index in [9.17, 15) is 14.0 Å². The topological polar surface area (TPSA) is 46.6 Å². The number of hydrogen-bond acceptors (Lipinski definition) is 3. The van der Waals surface area contributed by atoms with Gasteiger partial charge in [0.1, 0.15) is 11.4 Å². The molecular weight excluding hydrogens is 249 g/mol. The average molecular weight is 265 g/mol. The van der Waals surface area contributed by atoms with E-state index in [0.717, 1.165) is 4.90 Å². The van der Waals surface area contributed by atoms with Crippen LogP contribution in [0.2, 0.25) is 0 Å². The summed E-state index contributed by atoms with van der Waals surface area (Å²) in [7, 11) is 0. The molecule has 2 amide bonds. The number of nitrogens with zero attached hydrogens (tertiary/aromatic N) is 1. The van der Waals surface area contributed by atoms with Gasteiger partial charge in [-0.3, -0.25) is 4.79 Å². The monoisotopic (exact) mass is 265 g/mol. The van der Waals surface area contributed by atoms with E-state index in [4.69, 9.17) is 4.74 Å². The highest BCUT2D eigenvalue weighted by Gasteiger charge is 2.40. The van der Waals surface area contributed by atoms with Gasteiger partial charge in [-0.1, -0.05) is 0 Å². The molecule has 0 aromatic heterocycles. The van der Waals surface area contributed by atoms with E-state index >= 15 is 0 Å². The smallest absolute Gasteiger partial charge is 0.421 e. The molecule has 1 aliphatic heterocycles. The lowest BCUT2D eigenvalue weighted by Crippen LogP contribution is -2.39. The maximum absolute atomic E-state index is 13.2. The van der Waals surface area contributed by atoms with E-state index in [-0.39, 0.29) is 0 Å². The molecule has 1 aromatic rings. The maximum atomic E-state index is 13.2. The van der Waals surface area contributed by atoms with Crippen molar-refractivity contribution in [1.82, 2.24) is 0 Å². The Balaban J connectivity index is 2.39. The fourth-order valence-electron chi connectivity index (χ4n) is 2.02. The Labute approximate surface area is 111 Å². The van der Waals surface area contributed by atoms with Crippen molar-refractivity contribution in [2.75, 3.05) is 4.90 Å². The van der Waals surface area contributed by atoms with E-state index in [1.165, 1.54) is 18.2 Å². The van der Waals surface area contributed by atoms with Crippen molar-refractivity contribution >= 4 is 17.7 Å². The zero-order valence-corrected chi connectivity index (χ0v) is 11.4. The van der Waals surface area contributed by atoms with Gasteiger partial charge in [-0.2, -0.15) is 0 Å². The molecule has 2 rings (SSSR count). The minimum Gasteiger partial charge on any atom is -0.443 e. The summed E-state index contributed by atoms with van der Waals surface area (Å²) in [6.45, 7) is 6.81. The zero-order chi connectivity index (χ0) is 14.4. The highest BCUT2D eigenvalue weighted by atomic mass is 19.1. The Hall–Kier alpha value is -1.91. The first-order chi connectivity index (χ1) is 8.70. The van der Waals surface area contributed by atoms with Crippen molar-refractivity contribution in [2.45, 2.75) is 39.2 Å². The Morgan fingerprint density at radius 1 is 1.37 bits per heavy atom. The summed E-state index contributed by atoms with van der Waals surface area (Å²) in [6.07, 6.45) is -0.727. The van der Waals surface area contributed by atoms with Crippen LogP contribution in [0, 0.1) is 5.82 Å². The lowest BCUT2D eigenvalue weighted by Gasteiger charge is -2.23. The number of hydrogen-bond donors (Lipinski definition) is 0. The number of amides is 2. The third-order valence-corrected chi connectivity index (χ3v) is 2.86. The number of fused-ring (bicyclic) bond motifs is 1. The number of imide groups is 1. The van der Waals surface area contributed by atoms with Crippen LogP contribution >= 0.6 is 0 Å². The van der Waals surface area contributed by atoms with Crippen LogP contribution < -0.4 is 4.90 Å². The Kier molecular flexibility index (Phi) is 3.08. The van der Waals surface area contributed by atoms with E-state index in [0.29, 0.717) is 11.3 Å². The Morgan fingerprint density at radius 2 is 2.00 bits per heavy atom. The third kappa shape index (κ3) is 2.45. The van der Waals surface area contributed by atoms with Crippen LogP contribution in [0.1, 0.15) is 39.2 Å². The van der Waals surface area contributed by atoms with Gasteiger partial charge in [0.05, 0.1) is 11.6 Å². The van der Waals surface area contributed by atoms with Gasteiger partial charge in [0, 0.05) is 0 Å². The first-order valence-corrected chi connectivity index (χ1v) is 6.07. The fraction of sp³-hybridized carbons (Fsp3) is 0.429. The van der Waals surface area contributed by atoms with Crippen LogP contribution in [0.4, 0.5) is 14.9 Å². The van der Waals surface area contributed by atoms with Crippen LogP contribution in [-0.4, -0.2) is 17.6 Å². The maximum Gasteiger partial charge on any atom is 0.421 e. The zero-order valence-electron chi connectivity index (χ0n) is 11.4. The number of benzene rings is 1. The van der Waals surface area contributed by atoms with Gasteiger partial charge in [0.2, 0.25) is 5.91 Å². The Morgan fingerprint density at radius 3 is 2.58 bits per heavy atom. The molecule has 1 atom stereocenters. The summed E-state index contributed by atoms with van der Waals surface area (Å²) in [4.78, 5) is 25.1. The summed E-state index contributed by atoms with van der Waals surface area (Å²) < 4.78 is 18.4. The van der Waals surface area contributed by atoms with Crippen molar-refractivity contribution in [1.29, 1.82) is 0 Å². The van der Waals surface area contributed by atoms with Gasteiger partial charge < -0.3 is 4.74 Å². The third-order valence-electron chi connectivity index (χ3n) is 2.86. The van der Waals surface area contributed by atoms with Gasteiger partial charge in [-0.25, -0.2) is 14.1 Å². The molecule has 1 aliphatic rings. The molecule has 0 N–H and O–H groups in total. The van der Waals surface area contributed by atoms with Gasteiger partial charge in [0.15, 0.2) is 0 Å². The quantitative estimate of drug-likeness (QED) is 0.723. The predicted octanol–water partition coefficient (Wildman–Crippen LogP) is 3.21. The normalized spacial score (nSPS) is 18.5. The standard InChI is InChI=1S/C14H16FNO3/c1-8-10-7-9(15)5-6-11(10)16(12(8)17)13(18)19-14(2,3)4/h5-8H,1-4H3. The summed E-state index contributed by atoms with van der Waals surface area (Å²) >= 11 is 0. The lowest BCUT2D eigenvalue weighted by atomic mass is 10.0. The molecule has 19 heavy (non-hydrogen) atoms. The molecule has 0 aliphatic carbocycles. The van der Waals surface area contributed by atoms with Gasteiger partial charge >= 0.3 is 6.09 Å². The second kappa shape index (κ2) is 4.33. The largest absolute Gasteiger partial charge is 0.443 e. The first-order valence-electron chi connectivity index (χ1n) is 6.07. The molecule has 0 spiro atoms. The summed E-state index contributed by atoms with van der Waals surface area (Å²) in [5, 5.41) is 0. The molecule has 4 nitrogen and oxygen atoms in total. The van der Waals surface area contributed by atoms with Gasteiger partial charge in [0.25, 0.3) is 0 Å². The minimum atomic E-state index is -0.727. The molecular formula is C14H16FNO3. The number of ether oxygens (including phenoxy) is 1. The number of anilines is 1. The molecule has 1 heterocycles. The molecule has 0 saturated heterocycles. The molecule has 0 saturated carbocycles. The van der Waals surface area contributed by atoms with Crippen LogP contribution in [0.25, 0.3) is 0 Å². The van der Waals surface area contributed by atoms with Crippen LogP contribution in [0.5, 0.6) is 0 Å². The average Bonchev–Trinajstić information content (AvgIpc) is 2.50. The molecule has 1 aromatic carbocycles. The molecule has 0 radical (unpaired) electrons. The van der Waals surface area contributed by atoms with E-state index in [2.05, 4.69) is 0 Å². The first kappa shape index (κ1) is 13.5. The highest BCUT2D eigenvalue weighted by Crippen LogP contribution is 2.38. The van der Waals surface area contributed by atoms with Crippen molar-refractivity contribution in [3.05, 3.63) is 29.6 Å². The second-order valence-corrected chi connectivity index (χ2v) is 5.58. The molecule has 102 valence electrons. The van der Waals surface area contributed by atoms with Crippen molar-refractivity contribution < 1.29 is 18.7 Å². The van der Waals surface area contributed by atoms with E-state index in [1.807, 2.05) is 0 Å². The lowest BCUT2D eigenvalue weighted by molar-refractivity contribution is -0.118. The number of rotatable bonds is 0. The van der Waals surface area contributed by atoms with Crippen molar-refractivity contribution in [3.63, 3.8) is 0 Å². The number of carbonyl (C=O) groups excluding carboxylic acids is 2. The molecule has 5 heteroatoms. The molecule has 1 unspecified atom stereocenters. The summed E-state index contributed by atoms with van der Waals surface area (Å²) in [6, 6.07) is 3.93. The van der Waals surface area contributed by atoms with Crippen LogP contribution in [0.15, 0.2) is 18.2 Å². The van der Waals surface area contributed by atoms with Crippen LogP contribution in [-0.2, 0) is 9.53 Å². The van der Waals surface area contributed by atoms with E-state index < -0.39 is 29.3 Å². The van der Waals surface area contributed by atoms with Crippen LogP contribution in [0.3, 0.4) is 0 Å². The highest BCUT2D eigenvalue weighted by molar-refractivity contribution is 6.19. The Bertz CT molecular complexity index is 548. The van der Waals surface area contributed by atoms with Gasteiger partial charge in [-0.15, -0.1) is 0 Å². The number of halogens is 1. The van der Waals surface area contributed by atoms with Crippen molar-refractivity contribution in [2.24, 2.45) is 0 Å². The number of carbonyl (C=O) groups is 2. The van der Waals surface area contributed by atoms with Gasteiger partial charge in [-0.05, 0) is 51.5 Å². The SMILES string of the molecule is CC1C(=O)N(C(=O)OC(C)(C)C)c2ccc(F)cc21. The van der Waals surface area contributed by atoms with Crippen molar-refractivity contribution in [3.8, 4) is 0 Å². The minimum absolute atomic E-state index is 0.394. The molecule has 0 bridgehead atoms. The summed E-state index contributed by atoms with van der Waals surface area (Å²) in [5.41, 5.74) is 0.215. The predicted molar refractivity (Wildman–Crippen MR) is 68.5 cm³/mol. The van der Waals surface area contributed by atoms with E-state index in [1.54, 1.807) is 27.7 Å². The summed E-state index contributed by atoms with van der Waals surface area (Å²) in [5.74, 6) is -1.36.